The molecule has 0 aromatic carbocycles. The zero-order chi connectivity index (χ0) is 6.15. The molecule has 1 aliphatic heterocycles. The van der Waals surface area contributed by atoms with E-state index in [0.29, 0.717) is 0 Å². The van der Waals surface area contributed by atoms with Gasteiger partial charge in [-0.25, -0.2) is 0 Å². The summed E-state index contributed by atoms with van der Waals surface area (Å²) >= 11 is 1.35. The quantitative estimate of drug-likeness (QED) is 0.336. The molecule has 0 aliphatic carbocycles. The number of nitrogens with zero attached hydrogens (tertiary/aromatic N) is 2. The molecule has 0 spiro atoms. The van der Waals surface area contributed by atoms with Crippen LogP contribution in [0.25, 0.3) is 0 Å². The Bertz CT molecular complexity index is 76.5. The molecular weight excluding hydrogens is 120 g/mol. The molecule has 1 fully saturated rings. The molecule has 2 nitrogen and oxygen atoms in total. The van der Waals surface area contributed by atoms with Gasteiger partial charge in [-0.15, -0.1) is 8.61 Å². The molecule has 0 amide bonds. The van der Waals surface area contributed by atoms with Gasteiger partial charge in [0.25, 0.3) is 0 Å². The zero-order valence-corrected chi connectivity index (χ0v) is 6.52. The summed E-state index contributed by atoms with van der Waals surface area (Å²) < 4.78 is 4.62. The first-order valence-electron chi connectivity index (χ1n) is 2.85. The maximum Gasteiger partial charge on any atom is 0.153 e. The van der Waals surface area contributed by atoms with Crippen molar-refractivity contribution in [1.82, 2.24) is 8.61 Å². The molecular formula is C5H13N2S+. The summed E-state index contributed by atoms with van der Waals surface area (Å²) in [5, 5.41) is 0. The van der Waals surface area contributed by atoms with Crippen LogP contribution >= 0.6 is 0 Å². The Morgan fingerprint density at radius 3 is 2.25 bits per heavy atom. The first-order valence-corrected chi connectivity index (χ1v) is 3.65. The monoisotopic (exact) mass is 133 g/mol. The second-order valence-corrected chi connectivity index (χ2v) is 3.85. The van der Waals surface area contributed by atoms with E-state index in [1.807, 2.05) is 0 Å². The zero-order valence-electron chi connectivity index (χ0n) is 5.63. The van der Waals surface area contributed by atoms with E-state index in [1.54, 1.807) is 0 Å². The molecule has 0 aromatic heterocycles. The van der Waals surface area contributed by atoms with Crippen molar-refractivity contribution < 1.29 is 0 Å². The van der Waals surface area contributed by atoms with Crippen molar-refractivity contribution in [2.45, 2.75) is 13.0 Å². The molecule has 0 bridgehead atoms. The first-order chi connectivity index (χ1) is 3.70. The Kier molecular flexibility index (Phi) is 1.80. The van der Waals surface area contributed by atoms with Crippen molar-refractivity contribution in [2.75, 3.05) is 20.6 Å². The predicted molar refractivity (Wildman–Crippen MR) is 38.6 cm³/mol. The van der Waals surface area contributed by atoms with Crippen LogP contribution in [0, 0.1) is 0 Å². The van der Waals surface area contributed by atoms with Gasteiger partial charge in [-0.2, -0.15) is 0 Å². The van der Waals surface area contributed by atoms with Crippen molar-refractivity contribution in [3.8, 4) is 0 Å². The molecule has 1 heterocycles. The van der Waals surface area contributed by atoms with E-state index in [-0.39, 0.29) is 0 Å². The summed E-state index contributed by atoms with van der Waals surface area (Å²) in [5.74, 6) is 0. The van der Waals surface area contributed by atoms with Gasteiger partial charge in [0, 0.05) is 14.1 Å². The molecule has 1 atom stereocenters. The highest BCUT2D eigenvalue weighted by atomic mass is 32.2. The third kappa shape index (κ3) is 1.16. The van der Waals surface area contributed by atoms with E-state index >= 15 is 0 Å². The lowest BCUT2D eigenvalue weighted by atomic mass is 10.3. The van der Waals surface area contributed by atoms with Crippen LogP contribution in [0.5, 0.6) is 0 Å². The number of rotatable bonds is 0. The SMILES string of the molecule is CC1CN(C)[SH+]N1C. The van der Waals surface area contributed by atoms with Gasteiger partial charge < -0.3 is 0 Å². The normalized spacial score (nSPS) is 34.1. The second kappa shape index (κ2) is 2.25. The van der Waals surface area contributed by atoms with Crippen LogP contribution in [-0.2, 0) is 12.1 Å². The lowest BCUT2D eigenvalue weighted by Crippen LogP contribution is -2.20. The third-order valence-electron chi connectivity index (χ3n) is 1.46. The van der Waals surface area contributed by atoms with Crippen molar-refractivity contribution in [1.29, 1.82) is 0 Å². The van der Waals surface area contributed by atoms with E-state index in [0.717, 1.165) is 6.04 Å². The summed E-state index contributed by atoms with van der Waals surface area (Å²) in [6, 6.07) is 0.738. The van der Waals surface area contributed by atoms with Gasteiger partial charge in [0.05, 0.1) is 12.6 Å². The smallest absolute Gasteiger partial charge is 0.111 e. The predicted octanol–water partition coefficient (Wildman–Crippen LogP) is -0.103. The lowest BCUT2D eigenvalue weighted by molar-refractivity contribution is 0.435. The standard InChI is InChI=1S/C5H12N2S/c1-5-4-6(2)8-7(5)3/h5H,4H2,1-3H3/p+1. The second-order valence-electron chi connectivity index (χ2n) is 2.35. The minimum Gasteiger partial charge on any atom is -0.111 e. The Labute approximate surface area is 55.1 Å². The summed E-state index contributed by atoms with van der Waals surface area (Å²) in [5.41, 5.74) is 0. The van der Waals surface area contributed by atoms with Gasteiger partial charge in [0.2, 0.25) is 0 Å². The van der Waals surface area contributed by atoms with E-state index in [2.05, 4.69) is 29.6 Å². The fourth-order valence-corrected chi connectivity index (χ4v) is 1.91. The van der Waals surface area contributed by atoms with E-state index in [9.17, 15) is 0 Å². The highest BCUT2D eigenvalue weighted by Crippen LogP contribution is 2.08. The minimum absolute atomic E-state index is 0.738. The summed E-state index contributed by atoms with van der Waals surface area (Å²) in [4.78, 5) is 0. The fourth-order valence-electron chi connectivity index (χ4n) is 0.866. The molecule has 8 heavy (non-hydrogen) atoms. The first kappa shape index (κ1) is 6.39. The third-order valence-corrected chi connectivity index (χ3v) is 2.61. The van der Waals surface area contributed by atoms with Crippen LogP contribution in [0.3, 0.4) is 0 Å². The van der Waals surface area contributed by atoms with Gasteiger partial charge >= 0.3 is 0 Å². The Balaban J connectivity index is 2.39. The number of hydrogen-bond donors (Lipinski definition) is 0. The molecule has 0 radical (unpaired) electrons. The molecule has 1 aliphatic rings. The Morgan fingerprint density at radius 2 is 2.12 bits per heavy atom. The summed E-state index contributed by atoms with van der Waals surface area (Å²) in [6.07, 6.45) is 0. The average molecular weight is 133 g/mol. The van der Waals surface area contributed by atoms with Crippen LogP contribution in [0.4, 0.5) is 0 Å². The Morgan fingerprint density at radius 1 is 1.50 bits per heavy atom. The van der Waals surface area contributed by atoms with Gasteiger partial charge in [0.1, 0.15) is 0 Å². The fraction of sp³-hybridized carbons (Fsp3) is 1.00. The Hall–Kier alpha value is 0.270. The highest BCUT2D eigenvalue weighted by Gasteiger charge is 2.29. The lowest BCUT2D eigenvalue weighted by Gasteiger charge is -2.00. The molecule has 1 saturated heterocycles. The molecule has 3 heteroatoms. The summed E-state index contributed by atoms with van der Waals surface area (Å²) in [7, 11) is 4.29. The van der Waals surface area contributed by atoms with Crippen molar-refractivity contribution in [3.05, 3.63) is 0 Å². The molecule has 1 rings (SSSR count). The molecule has 0 aromatic rings. The van der Waals surface area contributed by atoms with Crippen LogP contribution in [0.2, 0.25) is 0 Å². The van der Waals surface area contributed by atoms with E-state index in [4.69, 9.17) is 0 Å². The highest BCUT2D eigenvalue weighted by molar-refractivity contribution is 7.73. The van der Waals surface area contributed by atoms with Gasteiger partial charge in [-0.3, -0.25) is 0 Å². The molecule has 48 valence electrons. The average Bonchev–Trinajstić information content (AvgIpc) is 1.85. The van der Waals surface area contributed by atoms with E-state index < -0.39 is 0 Å². The maximum absolute atomic E-state index is 2.32. The summed E-state index contributed by atoms with van der Waals surface area (Å²) in [6.45, 7) is 3.45. The topological polar surface area (TPSA) is 6.48 Å². The van der Waals surface area contributed by atoms with Gasteiger partial charge in [0.15, 0.2) is 12.1 Å². The van der Waals surface area contributed by atoms with Crippen molar-refractivity contribution in [2.24, 2.45) is 0 Å². The van der Waals surface area contributed by atoms with Crippen molar-refractivity contribution >= 4 is 12.1 Å². The minimum atomic E-state index is 0.738. The van der Waals surface area contributed by atoms with Crippen LogP contribution < -0.4 is 0 Å². The van der Waals surface area contributed by atoms with Gasteiger partial charge in [-0.05, 0) is 6.92 Å². The molecule has 0 N–H and O–H groups in total. The molecule has 0 saturated carbocycles. The van der Waals surface area contributed by atoms with Gasteiger partial charge in [-0.1, -0.05) is 0 Å². The molecule has 1 unspecified atom stereocenters. The van der Waals surface area contributed by atoms with Crippen molar-refractivity contribution in [3.63, 3.8) is 0 Å². The largest absolute Gasteiger partial charge is 0.153 e. The van der Waals surface area contributed by atoms with Crippen LogP contribution in [0.15, 0.2) is 0 Å². The number of hydrogen-bond acceptors (Lipinski definition) is 2. The van der Waals surface area contributed by atoms with Crippen LogP contribution in [-0.4, -0.2) is 35.3 Å². The number of thiol groups is 1. The van der Waals surface area contributed by atoms with Crippen LogP contribution in [0.1, 0.15) is 6.92 Å². The van der Waals surface area contributed by atoms with E-state index in [1.165, 1.54) is 18.7 Å². The maximum atomic E-state index is 2.32. The number of likely N-dealkylation sites (N-methyl/N-ethyl adjacent to an activating group) is 2.